The van der Waals surface area contributed by atoms with Crippen molar-refractivity contribution in [3.8, 4) is 11.4 Å². The second-order valence-electron chi connectivity index (χ2n) is 6.80. The topological polar surface area (TPSA) is 64.2 Å². The Bertz CT molecular complexity index is 975. The predicted molar refractivity (Wildman–Crippen MR) is 116 cm³/mol. The van der Waals surface area contributed by atoms with Crippen molar-refractivity contribution in [2.24, 2.45) is 0 Å². The first-order chi connectivity index (χ1) is 14.0. The highest BCUT2D eigenvalue weighted by molar-refractivity contribution is 7.99. The molecule has 0 atom stereocenters. The van der Waals surface area contributed by atoms with Crippen LogP contribution in [0.15, 0.2) is 58.8 Å². The number of nitrogens with zero attached hydrogens (tertiary/aromatic N) is 4. The number of thioether (sulfide) groups is 1. The quantitative estimate of drug-likeness (QED) is 0.388. The highest BCUT2D eigenvalue weighted by Crippen LogP contribution is 2.27. The van der Waals surface area contributed by atoms with Crippen LogP contribution in [0.3, 0.4) is 0 Å². The average molecular weight is 411 g/mol. The Morgan fingerprint density at radius 3 is 2.59 bits per heavy atom. The number of hydrogen-bond acceptors (Lipinski definition) is 5. The van der Waals surface area contributed by atoms with Gasteiger partial charge in [-0.1, -0.05) is 49.0 Å². The van der Waals surface area contributed by atoms with E-state index in [-0.39, 0.29) is 5.91 Å². The standard InChI is InChI=1S/C22H26N4O2S/c1-5-12-26-21(19-11-13-28-16(19)3)23-24-22(26)29-15-20(27)25(4)14-18-9-7-17(6-2)8-10-18/h5,7-11,13H,1,6,12,14-15H2,2-4H3. The number of allylic oxidation sites excluding steroid dienone is 1. The first-order valence-electron chi connectivity index (χ1n) is 9.56. The van der Waals surface area contributed by atoms with Gasteiger partial charge in [0.05, 0.1) is 17.6 Å². The molecule has 0 aliphatic rings. The summed E-state index contributed by atoms with van der Waals surface area (Å²) >= 11 is 1.38. The van der Waals surface area contributed by atoms with E-state index < -0.39 is 0 Å². The lowest BCUT2D eigenvalue weighted by Crippen LogP contribution is -2.27. The number of benzene rings is 1. The SMILES string of the molecule is C=CCn1c(SCC(=O)N(C)Cc2ccc(CC)cc2)nnc1-c1ccoc1C. The molecule has 2 aromatic heterocycles. The summed E-state index contributed by atoms with van der Waals surface area (Å²) in [5, 5.41) is 9.28. The van der Waals surface area contributed by atoms with Crippen LogP contribution in [0, 0.1) is 6.92 Å². The summed E-state index contributed by atoms with van der Waals surface area (Å²) in [4.78, 5) is 14.4. The second kappa shape index (κ2) is 9.60. The predicted octanol–water partition coefficient (Wildman–Crippen LogP) is 4.35. The van der Waals surface area contributed by atoms with E-state index >= 15 is 0 Å². The highest BCUT2D eigenvalue weighted by atomic mass is 32.2. The maximum Gasteiger partial charge on any atom is 0.233 e. The van der Waals surface area contributed by atoms with Crippen molar-refractivity contribution in [1.82, 2.24) is 19.7 Å². The van der Waals surface area contributed by atoms with Gasteiger partial charge in [0, 0.05) is 20.1 Å². The fraction of sp³-hybridized carbons (Fsp3) is 0.318. The van der Waals surface area contributed by atoms with Gasteiger partial charge in [-0.3, -0.25) is 9.36 Å². The summed E-state index contributed by atoms with van der Waals surface area (Å²) in [7, 11) is 1.82. The van der Waals surface area contributed by atoms with Gasteiger partial charge in [-0.2, -0.15) is 0 Å². The van der Waals surface area contributed by atoms with E-state index in [1.165, 1.54) is 17.3 Å². The van der Waals surface area contributed by atoms with Gasteiger partial charge in [0.15, 0.2) is 11.0 Å². The number of amides is 1. The molecule has 152 valence electrons. The van der Waals surface area contributed by atoms with Gasteiger partial charge < -0.3 is 9.32 Å². The number of carbonyl (C=O) groups is 1. The summed E-state index contributed by atoms with van der Waals surface area (Å²) in [5.41, 5.74) is 3.31. The van der Waals surface area contributed by atoms with Gasteiger partial charge in [0.1, 0.15) is 5.76 Å². The monoisotopic (exact) mass is 410 g/mol. The molecule has 29 heavy (non-hydrogen) atoms. The Kier molecular flexibility index (Phi) is 6.93. The Hall–Kier alpha value is -2.80. The third-order valence-corrected chi connectivity index (χ3v) is 5.68. The van der Waals surface area contributed by atoms with Crippen molar-refractivity contribution in [1.29, 1.82) is 0 Å². The second-order valence-corrected chi connectivity index (χ2v) is 7.75. The summed E-state index contributed by atoms with van der Waals surface area (Å²) in [6.07, 6.45) is 4.44. The molecule has 0 radical (unpaired) electrons. The van der Waals surface area contributed by atoms with Gasteiger partial charge in [0.25, 0.3) is 0 Å². The van der Waals surface area contributed by atoms with Crippen LogP contribution < -0.4 is 0 Å². The molecule has 0 bridgehead atoms. The number of carbonyl (C=O) groups excluding carboxylic acids is 1. The largest absolute Gasteiger partial charge is 0.469 e. The number of furan rings is 1. The van der Waals surface area contributed by atoms with Crippen molar-refractivity contribution < 1.29 is 9.21 Å². The number of aromatic nitrogens is 3. The van der Waals surface area contributed by atoms with E-state index in [2.05, 4.69) is 48.0 Å². The van der Waals surface area contributed by atoms with E-state index in [4.69, 9.17) is 4.42 Å². The van der Waals surface area contributed by atoms with E-state index in [1.54, 1.807) is 17.2 Å². The molecule has 6 nitrogen and oxygen atoms in total. The maximum atomic E-state index is 12.6. The molecule has 0 aliphatic carbocycles. The molecule has 0 spiro atoms. The van der Waals surface area contributed by atoms with E-state index in [0.717, 1.165) is 29.1 Å². The molecular formula is C22H26N4O2S. The molecule has 3 rings (SSSR count). The lowest BCUT2D eigenvalue weighted by molar-refractivity contribution is -0.127. The van der Waals surface area contributed by atoms with Gasteiger partial charge in [0.2, 0.25) is 5.91 Å². The van der Waals surface area contributed by atoms with Crippen molar-refractivity contribution in [3.63, 3.8) is 0 Å². The molecule has 3 aromatic rings. The molecule has 7 heteroatoms. The Morgan fingerprint density at radius 1 is 1.24 bits per heavy atom. The summed E-state index contributed by atoms with van der Waals surface area (Å²) in [6, 6.07) is 10.3. The van der Waals surface area contributed by atoms with Crippen molar-refractivity contribution in [2.75, 3.05) is 12.8 Å². The summed E-state index contributed by atoms with van der Waals surface area (Å²) < 4.78 is 7.34. The molecule has 1 amide bonds. The van der Waals surface area contributed by atoms with Crippen molar-refractivity contribution in [3.05, 3.63) is 66.1 Å². The summed E-state index contributed by atoms with van der Waals surface area (Å²) in [6.45, 7) is 8.98. The van der Waals surface area contributed by atoms with Crippen molar-refractivity contribution in [2.45, 2.75) is 38.5 Å². The van der Waals surface area contributed by atoms with Crippen LogP contribution in [0.4, 0.5) is 0 Å². The zero-order valence-corrected chi connectivity index (χ0v) is 17.9. The number of aryl methyl sites for hydroxylation is 2. The van der Waals surface area contributed by atoms with Crippen LogP contribution in [0.2, 0.25) is 0 Å². The van der Waals surface area contributed by atoms with Gasteiger partial charge in [-0.25, -0.2) is 0 Å². The molecule has 2 heterocycles. The van der Waals surface area contributed by atoms with E-state index in [1.807, 2.05) is 24.6 Å². The Balaban J connectivity index is 1.65. The molecule has 0 N–H and O–H groups in total. The molecule has 0 fully saturated rings. The zero-order chi connectivity index (χ0) is 20.8. The fourth-order valence-electron chi connectivity index (χ4n) is 2.98. The van der Waals surface area contributed by atoms with Crippen LogP contribution in [0.25, 0.3) is 11.4 Å². The Morgan fingerprint density at radius 2 is 1.97 bits per heavy atom. The van der Waals surface area contributed by atoms with Crippen molar-refractivity contribution >= 4 is 17.7 Å². The van der Waals surface area contributed by atoms with Gasteiger partial charge >= 0.3 is 0 Å². The smallest absolute Gasteiger partial charge is 0.233 e. The maximum absolute atomic E-state index is 12.6. The first kappa shape index (κ1) is 20.9. The minimum atomic E-state index is 0.0452. The lowest BCUT2D eigenvalue weighted by atomic mass is 10.1. The molecule has 0 saturated heterocycles. The minimum absolute atomic E-state index is 0.0452. The van der Waals surface area contributed by atoms with E-state index in [9.17, 15) is 4.79 Å². The fourth-order valence-corrected chi connectivity index (χ4v) is 3.87. The highest BCUT2D eigenvalue weighted by Gasteiger charge is 2.18. The van der Waals surface area contributed by atoms with Crippen LogP contribution >= 0.6 is 11.8 Å². The molecule has 0 saturated carbocycles. The minimum Gasteiger partial charge on any atom is -0.469 e. The van der Waals surface area contributed by atoms with Crippen LogP contribution in [0.5, 0.6) is 0 Å². The first-order valence-corrected chi connectivity index (χ1v) is 10.5. The average Bonchev–Trinajstić information content (AvgIpc) is 3.32. The van der Waals surface area contributed by atoms with Crippen LogP contribution in [-0.2, 0) is 24.3 Å². The van der Waals surface area contributed by atoms with E-state index in [0.29, 0.717) is 24.0 Å². The van der Waals surface area contributed by atoms with Gasteiger partial charge in [-0.05, 0) is 30.5 Å². The van der Waals surface area contributed by atoms with Gasteiger partial charge in [-0.15, -0.1) is 16.8 Å². The molecular weight excluding hydrogens is 384 g/mol. The Labute approximate surface area is 175 Å². The normalized spacial score (nSPS) is 10.9. The third-order valence-electron chi connectivity index (χ3n) is 4.73. The lowest BCUT2D eigenvalue weighted by Gasteiger charge is -2.17. The number of rotatable bonds is 9. The molecule has 0 unspecified atom stereocenters. The van der Waals surface area contributed by atoms with Crippen LogP contribution in [-0.4, -0.2) is 38.4 Å². The number of hydrogen-bond donors (Lipinski definition) is 0. The third kappa shape index (κ3) is 4.98. The van der Waals surface area contributed by atoms with Crippen LogP contribution in [0.1, 0.15) is 23.8 Å². The zero-order valence-electron chi connectivity index (χ0n) is 17.1. The molecule has 1 aromatic carbocycles. The molecule has 0 aliphatic heterocycles. The summed E-state index contributed by atoms with van der Waals surface area (Å²) in [5.74, 6) is 1.84.